The predicted molar refractivity (Wildman–Crippen MR) is 109 cm³/mol. The molecule has 4 aliphatic carbocycles. The zero-order valence-electron chi connectivity index (χ0n) is 17.0. The van der Waals surface area contributed by atoms with Crippen LogP contribution >= 0.6 is 0 Å². The van der Waals surface area contributed by atoms with Crippen LogP contribution in [0.25, 0.3) is 0 Å². The molecule has 4 saturated carbocycles. The molecule has 1 unspecified atom stereocenters. The van der Waals surface area contributed by atoms with E-state index in [1.807, 2.05) is 36.1 Å². The minimum Gasteiger partial charge on any atom is -0.341 e. The molecule has 1 aliphatic heterocycles. The quantitative estimate of drug-likeness (QED) is 0.860. The number of carbonyl (C=O) groups excluding carboxylic acids is 2. The molecule has 4 heteroatoms. The van der Waals surface area contributed by atoms with Crippen LogP contribution in [0.5, 0.6) is 0 Å². The van der Waals surface area contributed by atoms with Gasteiger partial charge in [-0.2, -0.15) is 0 Å². The van der Waals surface area contributed by atoms with Gasteiger partial charge in [0.15, 0.2) is 0 Å². The molecule has 4 nitrogen and oxygen atoms in total. The molecule has 5 fully saturated rings. The van der Waals surface area contributed by atoms with E-state index in [4.69, 9.17) is 0 Å². The maximum Gasteiger partial charge on any atom is 0.251 e. The summed E-state index contributed by atoms with van der Waals surface area (Å²) in [6, 6.07) is 7.34. The second kappa shape index (κ2) is 6.89. The van der Waals surface area contributed by atoms with Crippen molar-refractivity contribution in [3.63, 3.8) is 0 Å². The van der Waals surface area contributed by atoms with Crippen LogP contribution in [-0.4, -0.2) is 35.8 Å². The monoisotopic (exact) mass is 380 g/mol. The van der Waals surface area contributed by atoms with Gasteiger partial charge in [-0.25, -0.2) is 0 Å². The Balaban J connectivity index is 1.44. The van der Waals surface area contributed by atoms with E-state index in [2.05, 4.69) is 5.32 Å². The van der Waals surface area contributed by atoms with Crippen LogP contribution in [0.2, 0.25) is 0 Å². The number of nitrogens with one attached hydrogen (secondary N) is 1. The summed E-state index contributed by atoms with van der Waals surface area (Å²) in [5.41, 5.74) is 1.78. The van der Waals surface area contributed by atoms with E-state index in [-0.39, 0.29) is 23.3 Å². The Hall–Kier alpha value is -1.84. The van der Waals surface area contributed by atoms with Crippen molar-refractivity contribution in [3.05, 3.63) is 35.4 Å². The number of amides is 2. The second-order valence-corrected chi connectivity index (χ2v) is 10.1. The summed E-state index contributed by atoms with van der Waals surface area (Å²) in [7, 11) is 0. The SMILES string of the molecule is Cc1ccc(C(=O)NC(C(=O)N2CCCC2)C23CC4CC(CC(C4)C2)C3)cc1. The van der Waals surface area contributed by atoms with Gasteiger partial charge in [-0.1, -0.05) is 17.7 Å². The third-order valence-electron chi connectivity index (χ3n) is 7.95. The molecule has 0 aromatic heterocycles. The van der Waals surface area contributed by atoms with Gasteiger partial charge in [0.1, 0.15) is 6.04 Å². The van der Waals surface area contributed by atoms with Crippen molar-refractivity contribution in [2.75, 3.05) is 13.1 Å². The minimum absolute atomic E-state index is 0.0191. The zero-order valence-corrected chi connectivity index (χ0v) is 17.0. The summed E-state index contributed by atoms with van der Waals surface area (Å²) in [5.74, 6) is 2.37. The van der Waals surface area contributed by atoms with Crippen molar-refractivity contribution < 1.29 is 9.59 Å². The third-order valence-corrected chi connectivity index (χ3v) is 7.95. The van der Waals surface area contributed by atoms with Crippen molar-refractivity contribution in [1.29, 1.82) is 0 Å². The lowest BCUT2D eigenvalue weighted by molar-refractivity contribution is -0.143. The van der Waals surface area contributed by atoms with Gasteiger partial charge in [0.2, 0.25) is 5.91 Å². The van der Waals surface area contributed by atoms with Crippen LogP contribution in [0.1, 0.15) is 67.3 Å². The molecule has 0 radical (unpaired) electrons. The average molecular weight is 381 g/mol. The molecule has 5 aliphatic rings. The fourth-order valence-electron chi connectivity index (χ4n) is 7.05. The number of likely N-dealkylation sites (tertiary alicyclic amines) is 1. The molecule has 1 saturated heterocycles. The van der Waals surface area contributed by atoms with Crippen LogP contribution in [0.4, 0.5) is 0 Å². The summed E-state index contributed by atoms with van der Waals surface area (Å²) in [4.78, 5) is 28.7. The standard InChI is InChI=1S/C24H32N2O2/c1-16-4-6-20(7-5-16)22(27)25-21(23(28)26-8-2-3-9-26)24-13-17-10-18(14-24)12-19(11-17)15-24/h4-7,17-19,21H,2-3,8-15H2,1H3,(H,25,27). The van der Waals surface area contributed by atoms with Crippen LogP contribution in [-0.2, 0) is 4.79 Å². The van der Waals surface area contributed by atoms with Gasteiger partial charge in [-0.3, -0.25) is 9.59 Å². The van der Waals surface area contributed by atoms with Gasteiger partial charge in [0.05, 0.1) is 0 Å². The summed E-state index contributed by atoms with van der Waals surface area (Å²) in [6.45, 7) is 3.72. The summed E-state index contributed by atoms with van der Waals surface area (Å²) < 4.78 is 0. The molecule has 1 heterocycles. The first kappa shape index (κ1) is 18.2. The minimum atomic E-state index is -0.354. The average Bonchev–Trinajstić information content (AvgIpc) is 3.19. The van der Waals surface area contributed by atoms with Crippen molar-refractivity contribution in [2.24, 2.45) is 23.2 Å². The Kier molecular flexibility index (Phi) is 4.48. The molecular weight excluding hydrogens is 348 g/mol. The van der Waals surface area contributed by atoms with Gasteiger partial charge in [0, 0.05) is 24.1 Å². The molecule has 1 N–H and O–H groups in total. The highest BCUT2D eigenvalue weighted by Crippen LogP contribution is 2.61. The van der Waals surface area contributed by atoms with Gasteiger partial charge in [0.25, 0.3) is 5.91 Å². The van der Waals surface area contributed by atoms with Gasteiger partial charge in [-0.15, -0.1) is 0 Å². The molecule has 1 aromatic carbocycles. The Bertz CT molecular complexity index is 728. The van der Waals surface area contributed by atoms with E-state index >= 15 is 0 Å². The van der Waals surface area contributed by atoms with Gasteiger partial charge >= 0.3 is 0 Å². The molecule has 1 atom stereocenters. The summed E-state index contributed by atoms with van der Waals surface area (Å²) >= 11 is 0. The van der Waals surface area contributed by atoms with E-state index in [0.717, 1.165) is 68.5 Å². The first-order valence-corrected chi connectivity index (χ1v) is 11.2. The highest BCUT2D eigenvalue weighted by atomic mass is 16.2. The number of carbonyl (C=O) groups is 2. The van der Waals surface area contributed by atoms with Crippen molar-refractivity contribution >= 4 is 11.8 Å². The van der Waals surface area contributed by atoms with E-state index in [1.54, 1.807) is 0 Å². The van der Waals surface area contributed by atoms with E-state index in [1.165, 1.54) is 19.3 Å². The summed E-state index contributed by atoms with van der Waals surface area (Å²) in [5, 5.41) is 3.26. The van der Waals surface area contributed by atoms with E-state index < -0.39 is 0 Å². The van der Waals surface area contributed by atoms with Crippen LogP contribution in [0.15, 0.2) is 24.3 Å². The van der Waals surface area contributed by atoms with Gasteiger partial charge in [-0.05, 0) is 88.2 Å². The molecule has 4 bridgehead atoms. The number of hydrogen-bond acceptors (Lipinski definition) is 2. The largest absolute Gasteiger partial charge is 0.341 e. The van der Waals surface area contributed by atoms with Crippen LogP contribution in [0.3, 0.4) is 0 Å². The maximum absolute atomic E-state index is 13.6. The lowest BCUT2D eigenvalue weighted by atomic mass is 9.47. The normalized spacial score (nSPS) is 34.5. The number of benzene rings is 1. The van der Waals surface area contributed by atoms with E-state index in [0.29, 0.717) is 5.56 Å². The Morgan fingerprint density at radius 2 is 1.50 bits per heavy atom. The lowest BCUT2D eigenvalue weighted by Crippen LogP contribution is -2.62. The van der Waals surface area contributed by atoms with Crippen molar-refractivity contribution in [3.8, 4) is 0 Å². The lowest BCUT2D eigenvalue weighted by Gasteiger charge is -2.59. The highest BCUT2D eigenvalue weighted by Gasteiger charge is 2.57. The number of aryl methyl sites for hydroxylation is 1. The number of nitrogens with zero attached hydrogens (tertiary/aromatic N) is 1. The highest BCUT2D eigenvalue weighted by molar-refractivity contribution is 5.98. The van der Waals surface area contributed by atoms with Crippen LogP contribution in [0, 0.1) is 30.1 Å². The second-order valence-electron chi connectivity index (χ2n) is 10.1. The first-order valence-electron chi connectivity index (χ1n) is 11.2. The Labute approximate surface area is 168 Å². The van der Waals surface area contributed by atoms with E-state index in [9.17, 15) is 9.59 Å². The fraction of sp³-hybridized carbons (Fsp3) is 0.667. The smallest absolute Gasteiger partial charge is 0.251 e. The molecule has 1 aromatic rings. The van der Waals surface area contributed by atoms with Crippen molar-refractivity contribution in [2.45, 2.75) is 64.3 Å². The topological polar surface area (TPSA) is 49.4 Å². The molecule has 150 valence electrons. The molecule has 0 spiro atoms. The number of rotatable bonds is 4. The first-order chi connectivity index (χ1) is 13.5. The molecule has 6 rings (SSSR count). The summed E-state index contributed by atoms with van der Waals surface area (Å²) in [6.07, 6.45) is 9.57. The molecular formula is C24H32N2O2. The Morgan fingerprint density at radius 3 is 2.04 bits per heavy atom. The number of hydrogen-bond donors (Lipinski definition) is 1. The third kappa shape index (κ3) is 3.15. The van der Waals surface area contributed by atoms with Gasteiger partial charge < -0.3 is 10.2 Å². The fourth-order valence-corrected chi connectivity index (χ4v) is 7.05. The van der Waals surface area contributed by atoms with Crippen molar-refractivity contribution in [1.82, 2.24) is 10.2 Å². The predicted octanol–water partition coefficient (Wildman–Crippen LogP) is 3.93. The zero-order chi connectivity index (χ0) is 19.3. The maximum atomic E-state index is 13.6. The molecule has 28 heavy (non-hydrogen) atoms. The molecule has 2 amide bonds. The Morgan fingerprint density at radius 1 is 0.964 bits per heavy atom. The van der Waals surface area contributed by atoms with Crippen LogP contribution < -0.4 is 5.32 Å².